The number of carbonyl (C=O) groups is 2. The first-order valence-corrected chi connectivity index (χ1v) is 8.06. The van der Waals surface area contributed by atoms with Gasteiger partial charge in [-0.1, -0.05) is 65.7 Å². The second-order valence-electron chi connectivity index (χ2n) is 5.41. The number of carbonyl (C=O) groups excluding carboxylic acids is 2. The van der Waals surface area contributed by atoms with Crippen LogP contribution in [0.4, 0.5) is 4.79 Å². The van der Waals surface area contributed by atoms with E-state index >= 15 is 0 Å². The number of benzene rings is 2. The SMILES string of the molecule is CC1=C(C(=O)c2ccccc2)C(c2cccc(Cl)c2Cl)NC(=O)N1. The molecule has 0 aromatic heterocycles. The Morgan fingerprint density at radius 2 is 1.75 bits per heavy atom. The van der Waals surface area contributed by atoms with Gasteiger partial charge in [0.25, 0.3) is 0 Å². The molecule has 3 rings (SSSR count). The zero-order valence-electron chi connectivity index (χ0n) is 12.8. The maximum Gasteiger partial charge on any atom is 0.319 e. The molecule has 2 N–H and O–H groups in total. The van der Waals surface area contributed by atoms with Crippen LogP contribution in [-0.2, 0) is 0 Å². The monoisotopic (exact) mass is 360 g/mol. The van der Waals surface area contributed by atoms with Gasteiger partial charge in [0.05, 0.1) is 16.1 Å². The van der Waals surface area contributed by atoms with Crippen LogP contribution in [0.3, 0.4) is 0 Å². The topological polar surface area (TPSA) is 58.2 Å². The van der Waals surface area contributed by atoms with Crippen LogP contribution in [0.1, 0.15) is 28.9 Å². The van der Waals surface area contributed by atoms with E-state index in [9.17, 15) is 9.59 Å². The molecule has 0 radical (unpaired) electrons. The number of urea groups is 1. The maximum absolute atomic E-state index is 13.0. The number of hydrogen-bond acceptors (Lipinski definition) is 2. The van der Waals surface area contributed by atoms with Gasteiger partial charge >= 0.3 is 6.03 Å². The summed E-state index contributed by atoms with van der Waals surface area (Å²) in [5.41, 5.74) is 2.05. The molecule has 4 nitrogen and oxygen atoms in total. The summed E-state index contributed by atoms with van der Waals surface area (Å²) >= 11 is 12.4. The van der Waals surface area contributed by atoms with E-state index in [2.05, 4.69) is 10.6 Å². The first-order chi connectivity index (χ1) is 11.5. The Morgan fingerprint density at radius 1 is 1.04 bits per heavy atom. The van der Waals surface area contributed by atoms with E-state index in [1.807, 2.05) is 6.07 Å². The lowest BCUT2D eigenvalue weighted by Gasteiger charge is -2.29. The van der Waals surface area contributed by atoms with Crippen molar-refractivity contribution in [1.82, 2.24) is 10.6 Å². The number of rotatable bonds is 3. The maximum atomic E-state index is 13.0. The van der Waals surface area contributed by atoms with Gasteiger partial charge in [0.1, 0.15) is 0 Å². The van der Waals surface area contributed by atoms with Gasteiger partial charge in [0.15, 0.2) is 5.78 Å². The minimum atomic E-state index is -0.669. The van der Waals surface area contributed by atoms with Gasteiger partial charge < -0.3 is 10.6 Å². The molecule has 0 aliphatic carbocycles. The predicted molar refractivity (Wildman–Crippen MR) is 94.3 cm³/mol. The highest BCUT2D eigenvalue weighted by Crippen LogP contribution is 2.36. The highest BCUT2D eigenvalue weighted by molar-refractivity contribution is 6.42. The Bertz CT molecular complexity index is 847. The third kappa shape index (κ3) is 3.03. The summed E-state index contributed by atoms with van der Waals surface area (Å²) in [6.07, 6.45) is 0. The molecule has 24 heavy (non-hydrogen) atoms. The van der Waals surface area contributed by atoms with Crippen molar-refractivity contribution < 1.29 is 9.59 Å². The largest absolute Gasteiger partial charge is 0.327 e. The van der Waals surface area contributed by atoms with Gasteiger partial charge in [-0.2, -0.15) is 0 Å². The average molecular weight is 361 g/mol. The predicted octanol–water partition coefficient (Wildman–Crippen LogP) is 4.50. The van der Waals surface area contributed by atoms with Crippen LogP contribution in [0.15, 0.2) is 59.8 Å². The molecule has 0 bridgehead atoms. The van der Waals surface area contributed by atoms with Gasteiger partial charge in [-0.25, -0.2) is 4.79 Å². The summed E-state index contributed by atoms with van der Waals surface area (Å²) < 4.78 is 0. The Labute approximate surface area is 149 Å². The summed E-state index contributed by atoms with van der Waals surface area (Å²) in [5.74, 6) is -0.179. The molecule has 0 spiro atoms. The van der Waals surface area contributed by atoms with Gasteiger partial charge in [-0.15, -0.1) is 0 Å². The summed E-state index contributed by atoms with van der Waals surface area (Å²) in [5, 5.41) is 6.09. The fraction of sp³-hybridized carbons (Fsp3) is 0.111. The van der Waals surface area contributed by atoms with Crippen molar-refractivity contribution in [3.05, 3.63) is 81.0 Å². The van der Waals surface area contributed by atoms with Crippen molar-refractivity contribution >= 4 is 35.0 Å². The Hall–Kier alpha value is -2.30. The van der Waals surface area contributed by atoms with Crippen LogP contribution in [-0.4, -0.2) is 11.8 Å². The molecule has 6 heteroatoms. The van der Waals surface area contributed by atoms with Crippen molar-refractivity contribution in [1.29, 1.82) is 0 Å². The van der Waals surface area contributed by atoms with E-state index in [-0.39, 0.29) is 5.78 Å². The number of amides is 2. The Kier molecular flexibility index (Phi) is 4.60. The molecule has 1 heterocycles. The molecule has 0 saturated heterocycles. The van der Waals surface area contributed by atoms with E-state index in [4.69, 9.17) is 23.2 Å². The number of ketones is 1. The zero-order valence-corrected chi connectivity index (χ0v) is 14.3. The van der Waals surface area contributed by atoms with Gasteiger partial charge in [-0.3, -0.25) is 4.79 Å². The fourth-order valence-corrected chi connectivity index (χ4v) is 3.13. The number of Topliss-reactive ketones (excluding diaryl/α,β-unsaturated/α-hetero) is 1. The highest BCUT2D eigenvalue weighted by atomic mass is 35.5. The van der Waals surface area contributed by atoms with Crippen LogP contribution in [0, 0.1) is 0 Å². The summed E-state index contributed by atoms with van der Waals surface area (Å²) in [6, 6.07) is 13.0. The first kappa shape index (κ1) is 16.6. The first-order valence-electron chi connectivity index (χ1n) is 7.31. The molecule has 0 saturated carbocycles. The Balaban J connectivity index is 2.13. The van der Waals surface area contributed by atoms with E-state index in [0.29, 0.717) is 32.4 Å². The van der Waals surface area contributed by atoms with Crippen molar-refractivity contribution in [3.8, 4) is 0 Å². The van der Waals surface area contributed by atoms with Crippen molar-refractivity contribution in [2.24, 2.45) is 0 Å². The molecule has 1 aliphatic heterocycles. The fourth-order valence-electron chi connectivity index (χ4n) is 2.72. The van der Waals surface area contributed by atoms with Crippen LogP contribution in [0.25, 0.3) is 0 Å². The molecular weight excluding hydrogens is 347 g/mol. The minimum absolute atomic E-state index is 0.179. The molecular formula is C18H14Cl2N2O2. The molecule has 1 atom stereocenters. The smallest absolute Gasteiger partial charge is 0.319 e. The van der Waals surface area contributed by atoms with E-state index in [0.717, 1.165) is 0 Å². The van der Waals surface area contributed by atoms with Gasteiger partial charge in [-0.05, 0) is 18.6 Å². The van der Waals surface area contributed by atoms with E-state index < -0.39 is 12.1 Å². The summed E-state index contributed by atoms with van der Waals surface area (Å²) in [7, 11) is 0. The van der Waals surface area contributed by atoms with Crippen LogP contribution < -0.4 is 10.6 Å². The van der Waals surface area contributed by atoms with Crippen molar-refractivity contribution in [2.75, 3.05) is 0 Å². The molecule has 0 fully saturated rings. The van der Waals surface area contributed by atoms with Gasteiger partial charge in [0, 0.05) is 16.8 Å². The standard InChI is InChI=1S/C18H14Cl2N2O2/c1-10-14(17(23)11-6-3-2-4-7-11)16(22-18(24)21-10)12-8-5-9-13(19)15(12)20/h2-9,16H,1H3,(H2,21,22,24). The molecule has 2 aromatic carbocycles. The van der Waals surface area contributed by atoms with E-state index in [1.54, 1.807) is 49.4 Å². The lowest BCUT2D eigenvalue weighted by molar-refractivity contribution is 0.102. The molecule has 1 unspecified atom stereocenters. The normalized spacial score (nSPS) is 17.3. The third-order valence-corrected chi connectivity index (χ3v) is 4.68. The van der Waals surface area contributed by atoms with E-state index in [1.165, 1.54) is 0 Å². The molecule has 122 valence electrons. The molecule has 2 amide bonds. The zero-order chi connectivity index (χ0) is 17.3. The van der Waals surface area contributed by atoms with Crippen molar-refractivity contribution in [2.45, 2.75) is 13.0 Å². The number of halogens is 2. The third-order valence-electron chi connectivity index (χ3n) is 3.84. The minimum Gasteiger partial charge on any atom is -0.327 e. The summed E-state index contributed by atoms with van der Waals surface area (Å²) in [4.78, 5) is 24.9. The lowest BCUT2D eigenvalue weighted by atomic mass is 9.89. The summed E-state index contributed by atoms with van der Waals surface area (Å²) in [6.45, 7) is 1.69. The van der Waals surface area contributed by atoms with Crippen LogP contribution in [0.5, 0.6) is 0 Å². The Morgan fingerprint density at radius 3 is 2.46 bits per heavy atom. The highest BCUT2D eigenvalue weighted by Gasteiger charge is 2.33. The number of hydrogen-bond donors (Lipinski definition) is 2. The van der Waals surface area contributed by atoms with Crippen LogP contribution >= 0.6 is 23.2 Å². The lowest BCUT2D eigenvalue weighted by Crippen LogP contribution is -2.45. The number of allylic oxidation sites excluding steroid dienone is 1. The molecule has 2 aromatic rings. The quantitative estimate of drug-likeness (QED) is 0.791. The van der Waals surface area contributed by atoms with Crippen molar-refractivity contribution in [3.63, 3.8) is 0 Å². The average Bonchev–Trinajstić information content (AvgIpc) is 2.57. The second-order valence-corrected chi connectivity index (χ2v) is 6.19. The van der Waals surface area contributed by atoms with Gasteiger partial charge in [0.2, 0.25) is 0 Å². The van der Waals surface area contributed by atoms with Crippen LogP contribution in [0.2, 0.25) is 10.0 Å². The number of nitrogens with one attached hydrogen (secondary N) is 2. The second kappa shape index (κ2) is 6.67. The molecule has 1 aliphatic rings.